The van der Waals surface area contributed by atoms with Crippen molar-refractivity contribution < 1.29 is 14.3 Å². The number of aryl methyl sites for hydroxylation is 1. The van der Waals surface area contributed by atoms with Gasteiger partial charge < -0.3 is 19.1 Å². The molecule has 0 aliphatic carbocycles. The summed E-state index contributed by atoms with van der Waals surface area (Å²) in [5.41, 5.74) is 2.55. The lowest BCUT2D eigenvalue weighted by molar-refractivity contribution is -0.148. The summed E-state index contributed by atoms with van der Waals surface area (Å²) >= 11 is 0. The van der Waals surface area contributed by atoms with E-state index in [1.165, 1.54) is 11.1 Å². The number of methoxy groups -OCH3 is 1. The Morgan fingerprint density at radius 1 is 1.03 bits per heavy atom. The van der Waals surface area contributed by atoms with E-state index in [2.05, 4.69) is 48.0 Å². The fourth-order valence-corrected chi connectivity index (χ4v) is 3.79. The lowest BCUT2D eigenvalue weighted by Gasteiger charge is -2.38. The highest BCUT2D eigenvalue weighted by Gasteiger charge is 2.33. The van der Waals surface area contributed by atoms with Crippen molar-refractivity contribution in [3.8, 4) is 0 Å². The van der Waals surface area contributed by atoms with Crippen molar-refractivity contribution in [3.63, 3.8) is 0 Å². The molecule has 2 amide bonds. The van der Waals surface area contributed by atoms with Crippen LogP contribution in [0.2, 0.25) is 0 Å². The van der Waals surface area contributed by atoms with Gasteiger partial charge in [-0.2, -0.15) is 0 Å². The third-order valence-corrected chi connectivity index (χ3v) is 5.61. The molecular formula is C27H41N3O3. The molecule has 33 heavy (non-hydrogen) atoms. The highest BCUT2D eigenvalue weighted by molar-refractivity contribution is 5.87. The van der Waals surface area contributed by atoms with Gasteiger partial charge in [0.15, 0.2) is 0 Å². The van der Waals surface area contributed by atoms with E-state index < -0.39 is 11.0 Å². The molecule has 0 aliphatic heterocycles. The van der Waals surface area contributed by atoms with Crippen LogP contribution in [0.4, 0.5) is 0 Å². The normalized spacial score (nSPS) is 12.0. The molecular weight excluding hydrogens is 414 g/mol. The van der Waals surface area contributed by atoms with Gasteiger partial charge >= 0.3 is 0 Å². The monoisotopic (exact) mass is 455 g/mol. The number of hydrogen-bond donors (Lipinski definition) is 0. The molecule has 2 aromatic rings. The largest absolute Gasteiger partial charge is 0.383 e. The second-order valence-electron chi connectivity index (χ2n) is 10.7. The van der Waals surface area contributed by atoms with Crippen LogP contribution >= 0.6 is 0 Å². The van der Waals surface area contributed by atoms with Crippen LogP contribution < -0.4 is 0 Å². The topological polar surface area (TPSA) is 54.8 Å². The van der Waals surface area contributed by atoms with Gasteiger partial charge in [0.2, 0.25) is 11.8 Å². The number of ether oxygens (including phenoxy) is 1. The van der Waals surface area contributed by atoms with Crippen LogP contribution in [0.1, 0.15) is 58.4 Å². The molecule has 2 rings (SSSR count). The summed E-state index contributed by atoms with van der Waals surface area (Å²) in [6.45, 7) is 15.9. The van der Waals surface area contributed by atoms with E-state index in [9.17, 15) is 9.59 Å². The fourth-order valence-electron chi connectivity index (χ4n) is 3.79. The minimum atomic E-state index is -0.566. The molecule has 1 aromatic carbocycles. The van der Waals surface area contributed by atoms with Crippen LogP contribution in [0, 0.1) is 12.3 Å². The number of nitrogens with zero attached hydrogens (tertiary/aromatic N) is 3. The maximum absolute atomic E-state index is 13.5. The molecule has 182 valence electrons. The van der Waals surface area contributed by atoms with E-state index in [1.54, 1.807) is 12.0 Å². The van der Waals surface area contributed by atoms with Crippen LogP contribution in [0.15, 0.2) is 42.6 Å². The first-order valence-corrected chi connectivity index (χ1v) is 11.6. The first-order chi connectivity index (χ1) is 15.3. The summed E-state index contributed by atoms with van der Waals surface area (Å²) in [5.74, 6) is -0.121. The summed E-state index contributed by atoms with van der Waals surface area (Å²) in [7, 11) is 1.60. The molecule has 1 heterocycles. The molecule has 0 saturated heterocycles. The minimum absolute atomic E-state index is 0.0370. The van der Waals surface area contributed by atoms with Gasteiger partial charge in [0.25, 0.3) is 0 Å². The van der Waals surface area contributed by atoms with E-state index in [0.717, 1.165) is 12.2 Å². The molecule has 6 heteroatoms. The lowest BCUT2D eigenvalue weighted by atomic mass is 9.94. The average molecular weight is 456 g/mol. The third kappa shape index (κ3) is 7.74. The average Bonchev–Trinajstić information content (AvgIpc) is 3.13. The van der Waals surface area contributed by atoms with Gasteiger partial charge in [-0.1, -0.05) is 50.6 Å². The summed E-state index contributed by atoms with van der Waals surface area (Å²) in [6, 6.07) is 12.5. The first kappa shape index (κ1) is 26.7. The van der Waals surface area contributed by atoms with Gasteiger partial charge in [0.05, 0.1) is 19.7 Å². The molecule has 0 bridgehead atoms. The van der Waals surface area contributed by atoms with Crippen LogP contribution in [-0.2, 0) is 27.4 Å². The van der Waals surface area contributed by atoms with Gasteiger partial charge in [-0.3, -0.25) is 9.59 Å². The molecule has 0 unspecified atom stereocenters. The first-order valence-electron chi connectivity index (χ1n) is 11.6. The van der Waals surface area contributed by atoms with Gasteiger partial charge in [-0.05, 0) is 45.4 Å². The highest BCUT2D eigenvalue weighted by atomic mass is 16.5. The zero-order valence-electron chi connectivity index (χ0n) is 21.6. The molecule has 0 fully saturated rings. The Morgan fingerprint density at radius 2 is 1.73 bits per heavy atom. The van der Waals surface area contributed by atoms with E-state index in [1.807, 2.05) is 52.5 Å². The SMILES string of the molecule is COCCN(CC(=O)N(Cc1cccn1Cc1cccc(C)c1)C(C)(C)C)C(=O)C(C)(C)C. The number of aromatic nitrogens is 1. The van der Waals surface area contributed by atoms with Crippen LogP contribution in [0.3, 0.4) is 0 Å². The molecule has 0 aliphatic rings. The molecule has 0 radical (unpaired) electrons. The molecule has 0 saturated carbocycles. The summed E-state index contributed by atoms with van der Waals surface area (Å²) in [5, 5.41) is 0. The number of carbonyl (C=O) groups is 2. The smallest absolute Gasteiger partial charge is 0.242 e. The molecule has 0 N–H and O–H groups in total. The zero-order valence-corrected chi connectivity index (χ0v) is 21.6. The quantitative estimate of drug-likeness (QED) is 0.560. The predicted molar refractivity (Wildman–Crippen MR) is 133 cm³/mol. The number of benzene rings is 1. The maximum atomic E-state index is 13.5. The van der Waals surface area contributed by atoms with Gasteiger partial charge in [0.1, 0.15) is 0 Å². The third-order valence-electron chi connectivity index (χ3n) is 5.61. The van der Waals surface area contributed by atoms with Crippen molar-refractivity contribution in [2.24, 2.45) is 5.41 Å². The molecule has 6 nitrogen and oxygen atoms in total. The van der Waals surface area contributed by atoms with E-state index in [4.69, 9.17) is 4.74 Å². The summed E-state index contributed by atoms with van der Waals surface area (Å²) < 4.78 is 7.37. The molecule has 0 spiro atoms. The van der Waals surface area contributed by atoms with E-state index >= 15 is 0 Å². The summed E-state index contributed by atoms with van der Waals surface area (Å²) in [6.07, 6.45) is 2.05. The van der Waals surface area contributed by atoms with Crippen LogP contribution in [0.5, 0.6) is 0 Å². The Kier molecular flexibility index (Phi) is 8.89. The Morgan fingerprint density at radius 3 is 2.30 bits per heavy atom. The van der Waals surface area contributed by atoms with Crippen molar-refractivity contribution in [2.45, 2.75) is 67.1 Å². The number of rotatable bonds is 9. The lowest BCUT2D eigenvalue weighted by Crippen LogP contribution is -2.52. The van der Waals surface area contributed by atoms with Gasteiger partial charge in [-0.25, -0.2) is 0 Å². The number of hydrogen-bond acceptors (Lipinski definition) is 3. The minimum Gasteiger partial charge on any atom is -0.383 e. The van der Waals surface area contributed by atoms with Crippen molar-refractivity contribution >= 4 is 11.8 Å². The van der Waals surface area contributed by atoms with Crippen molar-refractivity contribution in [1.29, 1.82) is 0 Å². The van der Waals surface area contributed by atoms with Crippen molar-refractivity contribution in [2.75, 3.05) is 26.8 Å². The highest BCUT2D eigenvalue weighted by Crippen LogP contribution is 2.22. The molecule has 1 aromatic heterocycles. The van der Waals surface area contributed by atoms with Crippen LogP contribution in [0.25, 0.3) is 0 Å². The Balaban J connectivity index is 2.24. The number of amides is 2. The fraction of sp³-hybridized carbons (Fsp3) is 0.556. The van der Waals surface area contributed by atoms with E-state index in [0.29, 0.717) is 19.7 Å². The van der Waals surface area contributed by atoms with Crippen molar-refractivity contribution in [3.05, 3.63) is 59.4 Å². The Bertz CT molecular complexity index is 935. The van der Waals surface area contributed by atoms with Gasteiger partial charge in [-0.15, -0.1) is 0 Å². The molecule has 0 atom stereocenters. The predicted octanol–water partition coefficient (Wildman–Crippen LogP) is 4.49. The Labute approximate surface area is 199 Å². The standard InChI is InChI=1S/C27H41N3O3/c1-21-11-9-12-22(17-21)18-28-14-10-13-23(28)19-30(27(5,6)7)24(31)20-29(15-16-33-8)25(32)26(2,3)4/h9-14,17H,15-16,18-20H2,1-8H3. The van der Waals surface area contributed by atoms with E-state index in [-0.39, 0.29) is 18.4 Å². The second kappa shape index (κ2) is 11.0. The Hall–Kier alpha value is -2.60. The second-order valence-corrected chi connectivity index (χ2v) is 10.7. The van der Waals surface area contributed by atoms with Gasteiger partial charge in [0, 0.05) is 43.0 Å². The zero-order chi connectivity index (χ0) is 24.8. The maximum Gasteiger partial charge on any atom is 0.242 e. The number of carbonyl (C=O) groups excluding carboxylic acids is 2. The van der Waals surface area contributed by atoms with Crippen LogP contribution in [-0.4, -0.2) is 58.5 Å². The van der Waals surface area contributed by atoms with Crippen molar-refractivity contribution in [1.82, 2.24) is 14.4 Å². The summed E-state index contributed by atoms with van der Waals surface area (Å²) in [4.78, 5) is 30.0.